The van der Waals surface area contributed by atoms with Crippen molar-refractivity contribution in [2.24, 2.45) is 5.92 Å². The van der Waals surface area contributed by atoms with E-state index < -0.39 is 0 Å². The van der Waals surface area contributed by atoms with Crippen LogP contribution in [0, 0.1) is 5.92 Å². The molecule has 9 heavy (non-hydrogen) atoms. The fraction of sp³-hybridized carbons (Fsp3) is 0.600. The van der Waals surface area contributed by atoms with Gasteiger partial charge in [0.2, 0.25) is 0 Å². The molecule has 0 aromatic heterocycles. The molecule has 0 spiro atoms. The van der Waals surface area contributed by atoms with Crippen LogP contribution in [0.3, 0.4) is 0 Å². The van der Waals surface area contributed by atoms with E-state index in [-0.39, 0.29) is 16.7 Å². The lowest BCUT2D eigenvalue weighted by Gasteiger charge is -2.09. The Bertz CT molecular complexity index is 95.0. The third-order valence-electron chi connectivity index (χ3n) is 0.884. The van der Waals surface area contributed by atoms with E-state index in [1.54, 1.807) is 4.99 Å². The first-order valence-corrected chi connectivity index (χ1v) is 4.77. The van der Waals surface area contributed by atoms with E-state index in [0.29, 0.717) is 0 Å². The summed E-state index contributed by atoms with van der Waals surface area (Å²) in [5.41, 5.74) is 0. The van der Waals surface area contributed by atoms with Crippen molar-refractivity contribution in [1.82, 2.24) is 0 Å². The molecule has 1 unspecified atom stereocenters. The second kappa shape index (κ2) is 5.77. The van der Waals surface area contributed by atoms with Crippen molar-refractivity contribution in [3.63, 3.8) is 0 Å². The Balaban J connectivity index is 3.68. The predicted molar refractivity (Wildman–Crippen MR) is 50.3 cm³/mol. The highest BCUT2D eigenvalue weighted by atomic mass is 79.9. The first-order chi connectivity index (χ1) is 4.22. The molecule has 0 radical (unpaired) electrons. The van der Waals surface area contributed by atoms with Gasteiger partial charge in [-0.3, -0.25) is 0 Å². The van der Waals surface area contributed by atoms with Gasteiger partial charge in [-0.2, -0.15) is 12.6 Å². The number of hydrogen-bond acceptors (Lipinski definition) is 2. The Labute approximate surface area is 77.2 Å². The van der Waals surface area contributed by atoms with Crippen LogP contribution in [-0.2, 0) is 0 Å². The van der Waals surface area contributed by atoms with Crippen molar-refractivity contribution >= 4 is 44.5 Å². The van der Waals surface area contributed by atoms with Crippen LogP contribution in [0.5, 0.6) is 0 Å². The zero-order chi connectivity index (χ0) is 7.28. The van der Waals surface area contributed by atoms with E-state index in [2.05, 4.69) is 44.5 Å². The number of aliphatic hydroxyl groups is 1. The van der Waals surface area contributed by atoms with Crippen LogP contribution in [0.1, 0.15) is 0 Å². The van der Waals surface area contributed by atoms with Crippen molar-refractivity contribution in [3.05, 3.63) is 11.1 Å². The summed E-state index contributed by atoms with van der Waals surface area (Å²) in [7, 11) is 0. The molecule has 0 saturated carbocycles. The molecular weight excluding hydrogens is 268 g/mol. The molecule has 54 valence electrons. The number of hydrogen-bond donors (Lipinski definition) is 2. The molecule has 0 bridgehead atoms. The minimum absolute atomic E-state index is 0.0244. The van der Waals surface area contributed by atoms with E-state index in [1.807, 2.05) is 6.08 Å². The van der Waals surface area contributed by atoms with Crippen molar-refractivity contribution in [3.8, 4) is 0 Å². The molecule has 4 heteroatoms. The minimum Gasteiger partial charge on any atom is -0.396 e. The van der Waals surface area contributed by atoms with Gasteiger partial charge in [0.15, 0.2) is 0 Å². The summed E-state index contributed by atoms with van der Waals surface area (Å²) in [6.45, 7) is 0.113. The molecule has 0 aliphatic heterocycles. The smallest absolute Gasteiger partial charge is 0.0654 e. The number of halogens is 2. The van der Waals surface area contributed by atoms with Gasteiger partial charge in [-0.15, -0.1) is 0 Å². The van der Waals surface area contributed by atoms with Crippen molar-refractivity contribution in [1.29, 1.82) is 0 Å². The normalized spacial score (nSPS) is 18.2. The molecule has 0 aliphatic carbocycles. The Hall–Kier alpha value is 1.01. The van der Waals surface area contributed by atoms with Gasteiger partial charge in [-0.25, -0.2) is 0 Å². The number of alkyl halides is 1. The lowest BCUT2D eigenvalue weighted by Crippen LogP contribution is -2.09. The van der Waals surface area contributed by atoms with Gasteiger partial charge in [0.25, 0.3) is 0 Å². The summed E-state index contributed by atoms with van der Waals surface area (Å²) in [6.07, 6.45) is 1.84. The molecule has 0 saturated heterocycles. The maximum absolute atomic E-state index is 8.68. The Morgan fingerprint density at radius 1 is 1.67 bits per heavy atom. The molecule has 0 amide bonds. The summed E-state index contributed by atoms with van der Waals surface area (Å²) in [5, 5.41) is 8.68. The summed E-state index contributed by atoms with van der Waals surface area (Å²) in [5.74, 6) is 0.0766. The fourth-order valence-corrected chi connectivity index (χ4v) is 1.26. The van der Waals surface area contributed by atoms with Gasteiger partial charge in [-0.05, 0) is 4.99 Å². The van der Waals surface area contributed by atoms with Crippen molar-refractivity contribution < 1.29 is 5.11 Å². The van der Waals surface area contributed by atoms with Crippen molar-refractivity contribution in [2.45, 2.75) is 4.16 Å². The van der Waals surface area contributed by atoms with Crippen LogP contribution in [0.15, 0.2) is 11.1 Å². The Morgan fingerprint density at radius 2 is 2.22 bits per heavy atom. The van der Waals surface area contributed by atoms with E-state index in [4.69, 9.17) is 5.11 Å². The summed E-state index contributed by atoms with van der Waals surface area (Å²) in [6, 6.07) is 0. The zero-order valence-electron chi connectivity index (χ0n) is 4.67. The monoisotopic (exact) mass is 274 g/mol. The van der Waals surface area contributed by atoms with Crippen LogP contribution in [-0.4, -0.2) is 15.9 Å². The molecule has 0 aliphatic rings. The third kappa shape index (κ3) is 4.42. The molecule has 0 aromatic carbocycles. The third-order valence-corrected chi connectivity index (χ3v) is 2.25. The largest absolute Gasteiger partial charge is 0.396 e. The van der Waals surface area contributed by atoms with Crippen LogP contribution in [0.25, 0.3) is 0 Å². The topological polar surface area (TPSA) is 20.2 Å². The second-order valence-corrected chi connectivity index (χ2v) is 4.32. The maximum atomic E-state index is 8.68. The highest BCUT2D eigenvalue weighted by molar-refractivity contribution is 9.11. The van der Waals surface area contributed by atoms with Gasteiger partial charge in [0, 0.05) is 5.92 Å². The van der Waals surface area contributed by atoms with E-state index in [0.717, 1.165) is 0 Å². The molecule has 0 rings (SSSR count). The average Bonchev–Trinajstić information content (AvgIpc) is 1.82. The average molecular weight is 276 g/mol. The Morgan fingerprint density at radius 3 is 2.33 bits per heavy atom. The lowest BCUT2D eigenvalue weighted by atomic mass is 10.2. The minimum atomic E-state index is 0.0244. The van der Waals surface area contributed by atoms with Crippen LogP contribution >= 0.6 is 44.5 Å². The van der Waals surface area contributed by atoms with Gasteiger partial charge < -0.3 is 5.11 Å². The van der Waals surface area contributed by atoms with Crippen LogP contribution in [0.2, 0.25) is 0 Å². The van der Waals surface area contributed by atoms with Gasteiger partial charge in [0.05, 0.1) is 10.8 Å². The molecular formula is C5H8Br2OS. The lowest BCUT2D eigenvalue weighted by molar-refractivity contribution is 0.261. The standard InChI is InChI=1S/C5H8Br2OS/c6-2-1-4(3-8)5(7)9/h1-2,4-5,8-9H,3H2/b2-1+/t4-,5?/m1/s1. The summed E-state index contributed by atoms with van der Waals surface area (Å²) < 4.78 is 0.0244. The molecule has 0 heterocycles. The van der Waals surface area contributed by atoms with E-state index in [1.165, 1.54) is 0 Å². The van der Waals surface area contributed by atoms with E-state index in [9.17, 15) is 0 Å². The molecule has 2 atom stereocenters. The van der Waals surface area contributed by atoms with Gasteiger partial charge >= 0.3 is 0 Å². The van der Waals surface area contributed by atoms with Gasteiger partial charge in [0.1, 0.15) is 0 Å². The zero-order valence-corrected chi connectivity index (χ0v) is 8.73. The highest BCUT2D eigenvalue weighted by Crippen LogP contribution is 2.17. The SMILES string of the molecule is OC[C@@H](/C=C/Br)C(S)Br. The first kappa shape index (κ1) is 10.0. The fourth-order valence-electron chi connectivity index (χ4n) is 0.333. The molecule has 0 fully saturated rings. The number of thiol groups is 1. The molecule has 1 N–H and O–H groups in total. The van der Waals surface area contributed by atoms with Gasteiger partial charge in [-0.1, -0.05) is 37.9 Å². The second-order valence-electron chi connectivity index (χ2n) is 1.54. The first-order valence-electron chi connectivity index (χ1n) is 2.42. The highest BCUT2D eigenvalue weighted by Gasteiger charge is 2.09. The summed E-state index contributed by atoms with van der Waals surface area (Å²) in [4.78, 5) is 1.72. The maximum Gasteiger partial charge on any atom is 0.0654 e. The quantitative estimate of drug-likeness (QED) is 0.598. The number of rotatable bonds is 3. The molecule has 1 nitrogen and oxygen atoms in total. The molecule has 0 aromatic rings. The van der Waals surface area contributed by atoms with Crippen LogP contribution in [0.4, 0.5) is 0 Å². The Kier molecular flexibility index (Phi) is 6.42. The number of aliphatic hydroxyl groups excluding tert-OH is 1. The van der Waals surface area contributed by atoms with Crippen molar-refractivity contribution in [2.75, 3.05) is 6.61 Å². The summed E-state index contributed by atoms with van der Waals surface area (Å²) >= 11 is 10.4. The van der Waals surface area contributed by atoms with Crippen LogP contribution < -0.4 is 0 Å². The predicted octanol–water partition coefficient (Wildman–Crippen LogP) is 2.15. The van der Waals surface area contributed by atoms with E-state index >= 15 is 0 Å².